The molecule has 0 aliphatic heterocycles. The SMILES string of the molecule is CC.CC(=O)C1(O)CCCC1N. The van der Waals surface area contributed by atoms with Crippen LogP contribution >= 0.6 is 0 Å². The van der Waals surface area contributed by atoms with Gasteiger partial charge in [-0.05, 0) is 26.2 Å². The Morgan fingerprint density at radius 2 is 2.08 bits per heavy atom. The van der Waals surface area contributed by atoms with Gasteiger partial charge in [-0.1, -0.05) is 13.8 Å². The van der Waals surface area contributed by atoms with Crippen molar-refractivity contribution in [1.29, 1.82) is 0 Å². The summed E-state index contributed by atoms with van der Waals surface area (Å²) in [7, 11) is 0. The molecule has 1 rings (SSSR count). The van der Waals surface area contributed by atoms with Crippen molar-refractivity contribution < 1.29 is 9.90 Å². The van der Waals surface area contributed by atoms with Crippen LogP contribution in [0.1, 0.15) is 40.0 Å². The molecule has 0 radical (unpaired) electrons. The van der Waals surface area contributed by atoms with Crippen LogP contribution in [0.4, 0.5) is 0 Å². The molecular formula is C9H19NO2. The van der Waals surface area contributed by atoms with Crippen LogP contribution in [-0.2, 0) is 4.79 Å². The summed E-state index contributed by atoms with van der Waals surface area (Å²) in [4.78, 5) is 10.8. The molecule has 1 saturated carbocycles. The summed E-state index contributed by atoms with van der Waals surface area (Å²) >= 11 is 0. The van der Waals surface area contributed by atoms with Gasteiger partial charge < -0.3 is 10.8 Å². The largest absolute Gasteiger partial charge is 0.380 e. The van der Waals surface area contributed by atoms with E-state index in [2.05, 4.69) is 0 Å². The van der Waals surface area contributed by atoms with Crippen molar-refractivity contribution in [2.75, 3.05) is 0 Å². The topological polar surface area (TPSA) is 63.3 Å². The normalized spacial score (nSPS) is 33.9. The summed E-state index contributed by atoms with van der Waals surface area (Å²) in [6.07, 6.45) is 2.15. The zero-order valence-electron chi connectivity index (χ0n) is 8.13. The minimum Gasteiger partial charge on any atom is -0.380 e. The van der Waals surface area contributed by atoms with E-state index in [1.807, 2.05) is 13.8 Å². The molecule has 0 bridgehead atoms. The summed E-state index contributed by atoms with van der Waals surface area (Å²) in [6.45, 7) is 5.39. The molecule has 2 unspecified atom stereocenters. The first kappa shape index (κ1) is 11.6. The number of Topliss-reactive ketones (excluding diaryl/α,β-unsaturated/α-hetero) is 1. The Hall–Kier alpha value is -0.410. The average Bonchev–Trinajstić information content (AvgIpc) is 2.38. The molecule has 3 heteroatoms. The molecule has 1 fully saturated rings. The first-order valence-corrected chi connectivity index (χ1v) is 4.56. The maximum Gasteiger partial charge on any atom is 0.162 e. The molecule has 0 aromatic heterocycles. The van der Waals surface area contributed by atoms with Crippen LogP contribution in [0.25, 0.3) is 0 Å². The second-order valence-corrected chi connectivity index (χ2v) is 2.98. The molecule has 12 heavy (non-hydrogen) atoms. The fraction of sp³-hybridized carbons (Fsp3) is 0.889. The third-order valence-electron chi connectivity index (χ3n) is 2.30. The fourth-order valence-corrected chi connectivity index (χ4v) is 1.45. The standard InChI is InChI=1S/C7H13NO2.C2H6/c1-5(9)7(10)4-2-3-6(7)8;1-2/h6,10H,2-4,8H2,1H3;1-2H3. The van der Waals surface area contributed by atoms with Crippen molar-refractivity contribution in [3.8, 4) is 0 Å². The van der Waals surface area contributed by atoms with E-state index >= 15 is 0 Å². The van der Waals surface area contributed by atoms with Crippen molar-refractivity contribution in [1.82, 2.24) is 0 Å². The van der Waals surface area contributed by atoms with E-state index in [9.17, 15) is 9.90 Å². The van der Waals surface area contributed by atoms with E-state index in [-0.39, 0.29) is 11.8 Å². The average molecular weight is 173 g/mol. The maximum absolute atomic E-state index is 10.8. The molecule has 1 aliphatic rings. The van der Waals surface area contributed by atoms with E-state index in [0.29, 0.717) is 6.42 Å². The third-order valence-corrected chi connectivity index (χ3v) is 2.30. The van der Waals surface area contributed by atoms with Gasteiger partial charge in [0, 0.05) is 6.04 Å². The highest BCUT2D eigenvalue weighted by Gasteiger charge is 2.42. The van der Waals surface area contributed by atoms with Gasteiger partial charge >= 0.3 is 0 Å². The summed E-state index contributed by atoms with van der Waals surface area (Å²) in [5.41, 5.74) is 4.34. The van der Waals surface area contributed by atoms with E-state index in [0.717, 1.165) is 12.8 Å². The molecule has 0 amide bonds. The lowest BCUT2D eigenvalue weighted by atomic mass is 9.94. The van der Waals surface area contributed by atoms with Crippen LogP contribution in [0.3, 0.4) is 0 Å². The zero-order valence-corrected chi connectivity index (χ0v) is 8.13. The van der Waals surface area contributed by atoms with Crippen LogP contribution in [-0.4, -0.2) is 22.5 Å². The quantitative estimate of drug-likeness (QED) is 0.617. The van der Waals surface area contributed by atoms with Crippen LogP contribution in [0.15, 0.2) is 0 Å². The van der Waals surface area contributed by atoms with Gasteiger partial charge in [0.1, 0.15) is 5.60 Å². The number of carbonyl (C=O) groups excluding carboxylic acids is 1. The first-order chi connectivity index (χ1) is 5.57. The van der Waals surface area contributed by atoms with Crippen molar-refractivity contribution in [3.63, 3.8) is 0 Å². The van der Waals surface area contributed by atoms with Gasteiger partial charge in [0.2, 0.25) is 0 Å². The van der Waals surface area contributed by atoms with E-state index < -0.39 is 5.60 Å². The second kappa shape index (κ2) is 4.58. The Bertz CT molecular complexity index is 159. The summed E-state index contributed by atoms with van der Waals surface area (Å²) in [5.74, 6) is -0.197. The number of aliphatic hydroxyl groups is 1. The molecule has 72 valence electrons. The van der Waals surface area contributed by atoms with E-state index in [1.54, 1.807) is 0 Å². The van der Waals surface area contributed by atoms with Gasteiger partial charge in [-0.2, -0.15) is 0 Å². The number of carbonyl (C=O) groups is 1. The van der Waals surface area contributed by atoms with Crippen molar-refractivity contribution >= 4 is 5.78 Å². The zero-order chi connectivity index (χ0) is 9.78. The van der Waals surface area contributed by atoms with Crippen LogP contribution in [0, 0.1) is 0 Å². The van der Waals surface area contributed by atoms with Crippen LogP contribution in [0.2, 0.25) is 0 Å². The first-order valence-electron chi connectivity index (χ1n) is 4.56. The monoisotopic (exact) mass is 173 g/mol. The predicted molar refractivity (Wildman–Crippen MR) is 48.8 cm³/mol. The van der Waals surface area contributed by atoms with E-state index in [4.69, 9.17) is 5.73 Å². The predicted octanol–water partition coefficient (Wildman–Crippen LogP) is 0.844. The van der Waals surface area contributed by atoms with Gasteiger partial charge in [0.25, 0.3) is 0 Å². The molecule has 0 aromatic rings. The second-order valence-electron chi connectivity index (χ2n) is 2.98. The van der Waals surface area contributed by atoms with Crippen molar-refractivity contribution in [3.05, 3.63) is 0 Å². The minimum absolute atomic E-state index is 0.197. The lowest BCUT2D eigenvalue weighted by Crippen LogP contribution is -2.48. The number of hydrogen-bond donors (Lipinski definition) is 2. The van der Waals surface area contributed by atoms with Crippen molar-refractivity contribution in [2.24, 2.45) is 5.73 Å². The van der Waals surface area contributed by atoms with Gasteiger partial charge in [-0.25, -0.2) is 0 Å². The molecule has 2 atom stereocenters. The summed E-state index contributed by atoms with van der Waals surface area (Å²) in [6, 6.07) is -0.343. The van der Waals surface area contributed by atoms with Crippen LogP contribution in [0.5, 0.6) is 0 Å². The fourth-order valence-electron chi connectivity index (χ4n) is 1.45. The highest BCUT2D eigenvalue weighted by molar-refractivity contribution is 5.85. The Kier molecular flexibility index (Phi) is 4.42. The molecule has 1 aliphatic carbocycles. The number of rotatable bonds is 1. The van der Waals surface area contributed by atoms with Gasteiger partial charge in [-0.15, -0.1) is 0 Å². The Morgan fingerprint density at radius 1 is 1.58 bits per heavy atom. The Morgan fingerprint density at radius 3 is 2.25 bits per heavy atom. The molecule has 0 spiro atoms. The van der Waals surface area contributed by atoms with Gasteiger partial charge in [0.05, 0.1) is 0 Å². The van der Waals surface area contributed by atoms with Gasteiger partial charge in [-0.3, -0.25) is 4.79 Å². The minimum atomic E-state index is -1.21. The number of nitrogens with two attached hydrogens (primary N) is 1. The molecule has 3 nitrogen and oxygen atoms in total. The highest BCUT2D eigenvalue weighted by Crippen LogP contribution is 2.28. The molecule has 0 saturated heterocycles. The smallest absolute Gasteiger partial charge is 0.162 e. The highest BCUT2D eigenvalue weighted by atomic mass is 16.3. The molecular weight excluding hydrogens is 154 g/mol. The Labute approximate surface area is 74.0 Å². The summed E-state index contributed by atoms with van der Waals surface area (Å²) in [5, 5.41) is 9.56. The number of hydrogen-bond acceptors (Lipinski definition) is 3. The summed E-state index contributed by atoms with van der Waals surface area (Å²) < 4.78 is 0. The van der Waals surface area contributed by atoms with Gasteiger partial charge in [0.15, 0.2) is 5.78 Å². The number of ketones is 1. The molecule has 3 N–H and O–H groups in total. The van der Waals surface area contributed by atoms with Crippen molar-refractivity contribution in [2.45, 2.75) is 51.7 Å². The lowest BCUT2D eigenvalue weighted by Gasteiger charge is -2.23. The van der Waals surface area contributed by atoms with E-state index in [1.165, 1.54) is 6.92 Å². The Balaban J connectivity index is 0.000000561. The molecule has 0 aromatic carbocycles. The van der Waals surface area contributed by atoms with Crippen LogP contribution < -0.4 is 5.73 Å². The third kappa shape index (κ3) is 2.05. The molecule has 0 heterocycles. The lowest BCUT2D eigenvalue weighted by molar-refractivity contribution is -0.135. The maximum atomic E-state index is 10.8.